The average molecular weight is 324 g/mol. The van der Waals surface area contributed by atoms with Gasteiger partial charge in [-0.25, -0.2) is 0 Å². The standard InChI is InChI=1S/C12H12ClF2NO5/c1-2-20-11(17)4-7-3-8(21-12(14)15)5-10(16(18)19)9(7)6-13/h3,5,12H,2,4,6H2,1H3. The lowest BCUT2D eigenvalue weighted by atomic mass is 10.0. The van der Waals surface area contributed by atoms with E-state index in [1.807, 2.05) is 0 Å². The van der Waals surface area contributed by atoms with Crippen LogP contribution in [-0.4, -0.2) is 24.1 Å². The van der Waals surface area contributed by atoms with Crippen molar-refractivity contribution in [3.63, 3.8) is 0 Å². The molecule has 0 fully saturated rings. The van der Waals surface area contributed by atoms with Crippen molar-refractivity contribution in [1.29, 1.82) is 0 Å². The number of alkyl halides is 3. The predicted molar refractivity (Wildman–Crippen MR) is 69.6 cm³/mol. The first-order chi connectivity index (χ1) is 9.88. The molecule has 0 aliphatic carbocycles. The molecule has 0 atom stereocenters. The number of nitro groups is 1. The first-order valence-electron chi connectivity index (χ1n) is 5.85. The number of ether oxygens (including phenoxy) is 2. The van der Waals surface area contributed by atoms with Crippen LogP contribution in [0.1, 0.15) is 18.1 Å². The summed E-state index contributed by atoms with van der Waals surface area (Å²) in [5.74, 6) is -1.31. The van der Waals surface area contributed by atoms with Gasteiger partial charge in [-0.1, -0.05) is 0 Å². The van der Waals surface area contributed by atoms with Gasteiger partial charge in [0.2, 0.25) is 0 Å². The van der Waals surface area contributed by atoms with Gasteiger partial charge < -0.3 is 9.47 Å². The van der Waals surface area contributed by atoms with Gasteiger partial charge in [0, 0.05) is 5.56 Å². The monoisotopic (exact) mass is 323 g/mol. The van der Waals surface area contributed by atoms with Crippen LogP contribution >= 0.6 is 11.6 Å². The SMILES string of the molecule is CCOC(=O)Cc1cc(OC(F)F)cc([N+](=O)[O-])c1CCl. The topological polar surface area (TPSA) is 78.7 Å². The highest BCUT2D eigenvalue weighted by Crippen LogP contribution is 2.31. The third kappa shape index (κ3) is 4.82. The molecule has 1 aromatic rings. The molecule has 0 unspecified atom stereocenters. The molecule has 21 heavy (non-hydrogen) atoms. The molecule has 6 nitrogen and oxygen atoms in total. The van der Waals surface area contributed by atoms with E-state index in [9.17, 15) is 23.7 Å². The smallest absolute Gasteiger partial charge is 0.387 e. The van der Waals surface area contributed by atoms with Gasteiger partial charge in [0.05, 0.1) is 29.9 Å². The summed E-state index contributed by atoms with van der Waals surface area (Å²) in [6.45, 7) is -1.41. The summed E-state index contributed by atoms with van der Waals surface area (Å²) < 4.78 is 33.4. The maximum Gasteiger partial charge on any atom is 0.387 e. The number of nitrogens with zero attached hydrogens (tertiary/aromatic N) is 1. The van der Waals surface area contributed by atoms with E-state index in [0.29, 0.717) is 0 Å². The van der Waals surface area contributed by atoms with Gasteiger partial charge in [-0.3, -0.25) is 14.9 Å². The lowest BCUT2D eigenvalue weighted by molar-refractivity contribution is -0.385. The Morgan fingerprint density at radius 1 is 1.48 bits per heavy atom. The van der Waals surface area contributed by atoms with Crippen LogP contribution in [0.4, 0.5) is 14.5 Å². The lowest BCUT2D eigenvalue weighted by Crippen LogP contribution is -2.11. The number of nitro benzene ring substituents is 1. The Labute approximate surface area is 123 Å². The number of halogens is 3. The Hall–Kier alpha value is -1.96. The summed E-state index contributed by atoms with van der Waals surface area (Å²) in [7, 11) is 0. The van der Waals surface area contributed by atoms with Crippen LogP contribution in [0.3, 0.4) is 0 Å². The second kappa shape index (κ2) is 7.72. The van der Waals surface area contributed by atoms with Crippen LogP contribution in [0, 0.1) is 10.1 Å². The molecule has 0 amide bonds. The van der Waals surface area contributed by atoms with Crippen molar-refractivity contribution in [2.24, 2.45) is 0 Å². The lowest BCUT2D eigenvalue weighted by Gasteiger charge is -2.11. The van der Waals surface area contributed by atoms with Gasteiger partial charge in [-0.05, 0) is 18.6 Å². The third-order valence-electron chi connectivity index (χ3n) is 2.49. The normalized spacial score (nSPS) is 10.5. The van der Waals surface area contributed by atoms with Crippen LogP contribution in [0.15, 0.2) is 12.1 Å². The van der Waals surface area contributed by atoms with E-state index in [-0.39, 0.29) is 30.0 Å². The molecule has 0 spiro atoms. The van der Waals surface area contributed by atoms with Crippen molar-refractivity contribution in [2.75, 3.05) is 6.61 Å². The van der Waals surface area contributed by atoms with Crippen LogP contribution < -0.4 is 4.74 Å². The molecule has 0 aliphatic rings. The summed E-state index contributed by atoms with van der Waals surface area (Å²) in [6.07, 6.45) is -0.322. The highest BCUT2D eigenvalue weighted by Gasteiger charge is 2.22. The molecule has 0 aromatic heterocycles. The highest BCUT2D eigenvalue weighted by atomic mass is 35.5. The molecular weight excluding hydrogens is 312 g/mol. The van der Waals surface area contributed by atoms with Crippen LogP contribution in [0.5, 0.6) is 5.75 Å². The summed E-state index contributed by atoms with van der Waals surface area (Å²) in [4.78, 5) is 21.7. The van der Waals surface area contributed by atoms with Gasteiger partial charge in [-0.2, -0.15) is 8.78 Å². The minimum atomic E-state index is -3.14. The van der Waals surface area contributed by atoms with Crippen molar-refractivity contribution in [1.82, 2.24) is 0 Å². The van der Waals surface area contributed by atoms with E-state index in [2.05, 4.69) is 4.74 Å². The average Bonchev–Trinajstić information content (AvgIpc) is 2.37. The Morgan fingerprint density at radius 2 is 2.14 bits per heavy atom. The minimum absolute atomic E-state index is 0.0661. The van der Waals surface area contributed by atoms with Gasteiger partial charge in [0.1, 0.15) is 5.75 Å². The van der Waals surface area contributed by atoms with E-state index < -0.39 is 28.9 Å². The van der Waals surface area contributed by atoms with E-state index in [1.54, 1.807) is 6.92 Å². The van der Waals surface area contributed by atoms with Gasteiger partial charge >= 0.3 is 12.6 Å². The fourth-order valence-electron chi connectivity index (χ4n) is 1.70. The number of carbonyl (C=O) groups excluding carboxylic acids is 1. The molecule has 0 aliphatic heterocycles. The van der Waals surface area contributed by atoms with Crippen molar-refractivity contribution < 1.29 is 28.0 Å². The molecule has 0 saturated heterocycles. The molecule has 9 heteroatoms. The van der Waals surface area contributed by atoms with Crippen molar-refractivity contribution in [2.45, 2.75) is 25.8 Å². The zero-order chi connectivity index (χ0) is 16.0. The maximum atomic E-state index is 12.2. The quantitative estimate of drug-likeness (QED) is 0.333. The summed E-state index contributed by atoms with van der Waals surface area (Å²) in [5, 5.41) is 11.0. The maximum absolute atomic E-state index is 12.2. The van der Waals surface area contributed by atoms with E-state index in [4.69, 9.17) is 16.3 Å². The fraction of sp³-hybridized carbons (Fsp3) is 0.417. The highest BCUT2D eigenvalue weighted by molar-refractivity contribution is 6.17. The summed E-state index contributed by atoms with van der Waals surface area (Å²) in [5.41, 5.74) is -0.299. The van der Waals surface area contributed by atoms with Gasteiger partial charge in [0.25, 0.3) is 5.69 Å². The predicted octanol–water partition coefficient (Wildman–Crippen LogP) is 3.04. The second-order valence-electron chi connectivity index (χ2n) is 3.83. The largest absolute Gasteiger partial charge is 0.466 e. The third-order valence-corrected chi connectivity index (χ3v) is 2.76. The number of carbonyl (C=O) groups is 1. The molecule has 1 rings (SSSR count). The zero-order valence-electron chi connectivity index (χ0n) is 11.0. The summed E-state index contributed by atoms with van der Waals surface area (Å²) >= 11 is 5.65. The molecule has 0 radical (unpaired) electrons. The first kappa shape index (κ1) is 17.1. The van der Waals surface area contributed by atoms with Gasteiger partial charge in [0.15, 0.2) is 0 Å². The van der Waals surface area contributed by atoms with Crippen molar-refractivity contribution in [3.8, 4) is 5.75 Å². The number of hydrogen-bond acceptors (Lipinski definition) is 5. The molecule has 0 N–H and O–H groups in total. The molecule has 116 valence electrons. The number of benzene rings is 1. The molecule has 1 aromatic carbocycles. The molecule has 0 saturated carbocycles. The van der Waals surface area contributed by atoms with Crippen LogP contribution in [-0.2, 0) is 21.8 Å². The number of hydrogen-bond donors (Lipinski definition) is 0. The Kier molecular flexibility index (Phi) is 6.29. The van der Waals surface area contributed by atoms with E-state index >= 15 is 0 Å². The fourth-order valence-corrected chi connectivity index (χ4v) is 2.01. The van der Waals surface area contributed by atoms with E-state index in [1.165, 1.54) is 0 Å². The zero-order valence-corrected chi connectivity index (χ0v) is 11.7. The first-order valence-corrected chi connectivity index (χ1v) is 6.39. The van der Waals surface area contributed by atoms with Gasteiger partial charge in [-0.15, -0.1) is 11.6 Å². The Bertz CT molecular complexity index is 539. The minimum Gasteiger partial charge on any atom is -0.466 e. The number of rotatable bonds is 7. The van der Waals surface area contributed by atoms with Crippen molar-refractivity contribution in [3.05, 3.63) is 33.4 Å². The molecular formula is C12H12ClF2NO5. The summed E-state index contributed by atoms with van der Waals surface area (Å²) in [6, 6.07) is 1.96. The number of esters is 1. The molecule has 0 bridgehead atoms. The Morgan fingerprint density at radius 3 is 2.62 bits per heavy atom. The second-order valence-corrected chi connectivity index (χ2v) is 4.10. The van der Waals surface area contributed by atoms with Crippen LogP contribution in [0.2, 0.25) is 0 Å². The van der Waals surface area contributed by atoms with E-state index in [0.717, 1.165) is 12.1 Å². The Balaban J connectivity index is 3.26. The van der Waals surface area contributed by atoms with Crippen molar-refractivity contribution >= 4 is 23.3 Å². The molecule has 0 heterocycles. The van der Waals surface area contributed by atoms with Crippen LogP contribution in [0.25, 0.3) is 0 Å².